The van der Waals surface area contributed by atoms with Crippen molar-refractivity contribution < 1.29 is 12.6 Å². The quantitative estimate of drug-likeness (QED) is 0.880. The van der Waals surface area contributed by atoms with Gasteiger partial charge in [-0.15, -0.1) is 0 Å². The summed E-state index contributed by atoms with van der Waals surface area (Å²) >= 11 is 5.84. The summed E-state index contributed by atoms with van der Waals surface area (Å²) in [6, 6.07) is 13.6. The van der Waals surface area contributed by atoms with Crippen LogP contribution in [0, 0.1) is 0 Å². The Bertz CT molecular complexity index is 713. The fourth-order valence-corrected chi connectivity index (χ4v) is 3.16. The molecule has 2 aromatic rings. The minimum atomic E-state index is -3.79. The molecule has 19 heavy (non-hydrogen) atoms. The van der Waals surface area contributed by atoms with Crippen molar-refractivity contribution in [2.24, 2.45) is 0 Å². The molecular formula is C13H10ClNO3S. The van der Waals surface area contributed by atoms with Gasteiger partial charge in [0.2, 0.25) is 0 Å². The maximum atomic E-state index is 11.7. The molecule has 1 aliphatic heterocycles. The third-order valence-electron chi connectivity index (χ3n) is 2.90. The number of benzene rings is 2. The molecule has 98 valence electrons. The summed E-state index contributed by atoms with van der Waals surface area (Å²) in [5, 5.41) is 0.604. The molecule has 1 N–H and O–H groups in total. The topological polar surface area (TPSA) is 55.4 Å². The molecule has 0 aliphatic carbocycles. The summed E-state index contributed by atoms with van der Waals surface area (Å²) in [6.07, 6.45) is 0. The predicted molar refractivity (Wildman–Crippen MR) is 72.4 cm³/mol. The average Bonchev–Trinajstić information content (AvgIpc) is 2.37. The SMILES string of the molecule is O=S1(=O)N[C@H](c2ccc(Cl)cc2)c2ccccc2O1. The standard InChI is InChI=1S/C13H10ClNO3S/c14-10-7-5-9(6-8-10)13-11-3-1-2-4-12(11)18-19(16,17)15-13/h1-8,13,15H/t13-/m1/s1. The third kappa shape index (κ3) is 2.45. The van der Waals surface area contributed by atoms with Crippen LogP contribution in [0.1, 0.15) is 17.2 Å². The van der Waals surface area contributed by atoms with Gasteiger partial charge < -0.3 is 4.18 Å². The van der Waals surface area contributed by atoms with Crippen LogP contribution in [0.2, 0.25) is 5.02 Å². The number of rotatable bonds is 1. The van der Waals surface area contributed by atoms with E-state index in [0.717, 1.165) is 11.1 Å². The first-order valence-corrected chi connectivity index (χ1v) is 7.40. The first-order valence-electron chi connectivity index (χ1n) is 5.61. The molecule has 1 heterocycles. The fraction of sp³-hybridized carbons (Fsp3) is 0.0769. The third-order valence-corrected chi connectivity index (χ3v) is 4.07. The van der Waals surface area contributed by atoms with E-state index < -0.39 is 16.3 Å². The molecule has 0 fully saturated rings. The van der Waals surface area contributed by atoms with Crippen LogP contribution in [-0.2, 0) is 10.3 Å². The predicted octanol–water partition coefficient (Wildman–Crippen LogP) is 2.66. The smallest absolute Gasteiger partial charge is 0.371 e. The summed E-state index contributed by atoms with van der Waals surface area (Å²) < 4.78 is 30.8. The normalized spacial score (nSPS) is 20.4. The van der Waals surface area contributed by atoms with Crippen molar-refractivity contribution in [3.63, 3.8) is 0 Å². The second-order valence-corrected chi connectivity index (χ2v) is 5.92. The van der Waals surface area contributed by atoms with Gasteiger partial charge in [-0.25, -0.2) is 0 Å². The molecule has 0 unspecified atom stereocenters. The van der Waals surface area contributed by atoms with Crippen molar-refractivity contribution in [2.45, 2.75) is 6.04 Å². The largest absolute Gasteiger partial charge is 0.383 e. The molecule has 0 amide bonds. The highest BCUT2D eigenvalue weighted by Gasteiger charge is 2.31. The molecule has 0 saturated carbocycles. The number of para-hydroxylation sites is 1. The van der Waals surface area contributed by atoms with Crippen LogP contribution in [0.4, 0.5) is 0 Å². The molecule has 6 heteroatoms. The zero-order chi connectivity index (χ0) is 13.5. The van der Waals surface area contributed by atoms with Crippen molar-refractivity contribution in [2.75, 3.05) is 0 Å². The van der Waals surface area contributed by atoms with E-state index in [0.29, 0.717) is 10.8 Å². The van der Waals surface area contributed by atoms with Gasteiger partial charge in [0.25, 0.3) is 0 Å². The molecule has 0 saturated heterocycles. The second kappa shape index (κ2) is 4.52. The highest BCUT2D eigenvalue weighted by molar-refractivity contribution is 7.85. The molecule has 0 spiro atoms. The van der Waals surface area contributed by atoms with Gasteiger partial charge in [0.15, 0.2) is 0 Å². The van der Waals surface area contributed by atoms with Crippen molar-refractivity contribution in [1.82, 2.24) is 4.72 Å². The molecule has 4 nitrogen and oxygen atoms in total. The fourth-order valence-electron chi connectivity index (χ4n) is 2.05. The van der Waals surface area contributed by atoms with E-state index in [1.54, 1.807) is 36.4 Å². The van der Waals surface area contributed by atoms with E-state index in [2.05, 4.69) is 4.72 Å². The number of halogens is 1. The van der Waals surface area contributed by atoms with Gasteiger partial charge in [-0.05, 0) is 23.8 Å². The van der Waals surface area contributed by atoms with E-state index in [1.807, 2.05) is 12.1 Å². The minimum Gasteiger partial charge on any atom is -0.371 e. The lowest BCUT2D eigenvalue weighted by Gasteiger charge is -2.26. The summed E-state index contributed by atoms with van der Waals surface area (Å²) in [5.41, 5.74) is 1.59. The molecule has 1 atom stereocenters. The maximum Gasteiger partial charge on any atom is 0.383 e. The Hall–Kier alpha value is -1.56. The van der Waals surface area contributed by atoms with Gasteiger partial charge in [0.1, 0.15) is 5.75 Å². The molecule has 3 rings (SSSR count). The van der Waals surface area contributed by atoms with Crippen LogP contribution in [0.3, 0.4) is 0 Å². The second-order valence-electron chi connectivity index (χ2n) is 4.18. The molecular weight excluding hydrogens is 286 g/mol. The van der Waals surface area contributed by atoms with E-state index >= 15 is 0 Å². The number of nitrogens with one attached hydrogen (secondary N) is 1. The summed E-state index contributed by atoms with van der Waals surface area (Å²) in [5.74, 6) is 0.348. The first-order chi connectivity index (χ1) is 9.05. The summed E-state index contributed by atoms with van der Waals surface area (Å²) in [4.78, 5) is 0. The lowest BCUT2D eigenvalue weighted by molar-refractivity contribution is 0.442. The minimum absolute atomic E-state index is 0.348. The lowest BCUT2D eigenvalue weighted by atomic mass is 9.99. The van der Waals surface area contributed by atoms with Crippen LogP contribution in [-0.4, -0.2) is 8.42 Å². The van der Waals surface area contributed by atoms with Gasteiger partial charge in [0, 0.05) is 10.6 Å². The van der Waals surface area contributed by atoms with Crippen LogP contribution in [0.15, 0.2) is 48.5 Å². The Morgan fingerprint density at radius 1 is 1.05 bits per heavy atom. The summed E-state index contributed by atoms with van der Waals surface area (Å²) in [6.45, 7) is 0. The monoisotopic (exact) mass is 295 g/mol. The number of hydrogen-bond donors (Lipinski definition) is 1. The van der Waals surface area contributed by atoms with Gasteiger partial charge in [-0.2, -0.15) is 13.1 Å². The van der Waals surface area contributed by atoms with E-state index in [9.17, 15) is 8.42 Å². The lowest BCUT2D eigenvalue weighted by Crippen LogP contribution is -2.37. The van der Waals surface area contributed by atoms with Crippen LogP contribution >= 0.6 is 11.6 Å². The Morgan fingerprint density at radius 2 is 1.74 bits per heavy atom. The van der Waals surface area contributed by atoms with Crippen LogP contribution in [0.25, 0.3) is 0 Å². The number of fused-ring (bicyclic) bond motifs is 1. The molecule has 1 aliphatic rings. The Morgan fingerprint density at radius 3 is 2.47 bits per heavy atom. The Kier molecular flexibility index (Phi) is 2.97. The highest BCUT2D eigenvalue weighted by Crippen LogP contribution is 2.35. The van der Waals surface area contributed by atoms with Gasteiger partial charge in [0.05, 0.1) is 6.04 Å². The van der Waals surface area contributed by atoms with Gasteiger partial charge >= 0.3 is 10.3 Å². The van der Waals surface area contributed by atoms with Crippen LogP contribution in [0.5, 0.6) is 5.75 Å². The Balaban J connectivity index is 2.13. The van der Waals surface area contributed by atoms with Crippen molar-refractivity contribution in [3.05, 3.63) is 64.7 Å². The van der Waals surface area contributed by atoms with Crippen molar-refractivity contribution >= 4 is 21.9 Å². The molecule has 0 aromatic heterocycles. The van der Waals surface area contributed by atoms with Crippen molar-refractivity contribution in [1.29, 1.82) is 0 Å². The highest BCUT2D eigenvalue weighted by atomic mass is 35.5. The van der Waals surface area contributed by atoms with Gasteiger partial charge in [-0.1, -0.05) is 41.9 Å². The van der Waals surface area contributed by atoms with E-state index in [-0.39, 0.29) is 0 Å². The molecule has 0 bridgehead atoms. The van der Waals surface area contributed by atoms with Crippen LogP contribution < -0.4 is 8.91 Å². The zero-order valence-electron chi connectivity index (χ0n) is 9.71. The number of hydrogen-bond acceptors (Lipinski definition) is 3. The molecule has 0 radical (unpaired) electrons. The Labute approximate surface area is 116 Å². The van der Waals surface area contributed by atoms with Crippen molar-refractivity contribution in [3.8, 4) is 5.75 Å². The molecule has 2 aromatic carbocycles. The van der Waals surface area contributed by atoms with E-state index in [1.165, 1.54) is 0 Å². The van der Waals surface area contributed by atoms with E-state index in [4.69, 9.17) is 15.8 Å². The summed E-state index contributed by atoms with van der Waals surface area (Å²) in [7, 11) is -3.79. The average molecular weight is 296 g/mol. The first kappa shape index (κ1) is 12.5. The zero-order valence-corrected chi connectivity index (χ0v) is 11.3. The van der Waals surface area contributed by atoms with Gasteiger partial charge in [-0.3, -0.25) is 0 Å². The maximum absolute atomic E-state index is 11.7.